The normalized spacial score (nSPS) is 18.8. The first kappa shape index (κ1) is 13.3. The first-order valence-corrected chi connectivity index (χ1v) is 5.40. The molecule has 1 aliphatic rings. The molecule has 1 saturated carbocycles. The minimum atomic E-state index is -5.59. The number of hydrogen-bond acceptors (Lipinski definition) is 1. The van der Waals surface area contributed by atoms with Gasteiger partial charge in [-0.05, 0) is 18.4 Å². The maximum atomic E-state index is 13.0. The van der Waals surface area contributed by atoms with Crippen molar-refractivity contribution in [1.82, 2.24) is 0 Å². The van der Waals surface area contributed by atoms with Crippen molar-refractivity contribution in [2.45, 2.75) is 37.0 Å². The fourth-order valence-corrected chi connectivity index (χ4v) is 1.70. The van der Waals surface area contributed by atoms with Crippen LogP contribution in [-0.2, 0) is 12.3 Å². The number of halogens is 5. The van der Waals surface area contributed by atoms with Gasteiger partial charge < -0.3 is 5.11 Å². The maximum absolute atomic E-state index is 13.0. The second kappa shape index (κ2) is 3.91. The molecular weight excluding hydrogens is 255 g/mol. The van der Waals surface area contributed by atoms with Gasteiger partial charge in [-0.25, -0.2) is 0 Å². The van der Waals surface area contributed by atoms with Crippen LogP contribution >= 0.6 is 0 Å². The number of rotatable bonds is 3. The maximum Gasteiger partial charge on any atom is 0.458 e. The largest absolute Gasteiger partial charge is 0.458 e. The molecular formula is C12H11F5O. The van der Waals surface area contributed by atoms with E-state index in [2.05, 4.69) is 0 Å². The zero-order chi connectivity index (χ0) is 13.6. The van der Waals surface area contributed by atoms with E-state index in [0.717, 1.165) is 12.1 Å². The van der Waals surface area contributed by atoms with E-state index >= 15 is 0 Å². The molecule has 0 amide bonds. The first-order valence-electron chi connectivity index (χ1n) is 5.40. The lowest BCUT2D eigenvalue weighted by Crippen LogP contribution is -2.33. The summed E-state index contributed by atoms with van der Waals surface area (Å²) in [6, 6.07) is 3.92. The highest BCUT2D eigenvalue weighted by atomic mass is 19.4. The van der Waals surface area contributed by atoms with Crippen molar-refractivity contribution < 1.29 is 27.1 Å². The molecule has 0 radical (unpaired) electrons. The highest BCUT2D eigenvalue weighted by molar-refractivity contribution is 5.28. The average Bonchev–Trinajstić information content (AvgIpc) is 2.95. The summed E-state index contributed by atoms with van der Waals surface area (Å²) < 4.78 is 62.3. The van der Waals surface area contributed by atoms with Gasteiger partial charge in [0.15, 0.2) is 0 Å². The van der Waals surface area contributed by atoms with Crippen LogP contribution < -0.4 is 0 Å². The molecule has 0 aromatic heterocycles. The number of benzene rings is 1. The third-order valence-corrected chi connectivity index (χ3v) is 3.03. The van der Waals surface area contributed by atoms with Crippen molar-refractivity contribution >= 4 is 0 Å². The van der Waals surface area contributed by atoms with E-state index in [-0.39, 0.29) is 6.42 Å². The van der Waals surface area contributed by atoms with Crippen LogP contribution in [0.1, 0.15) is 24.0 Å². The lowest BCUT2D eigenvalue weighted by Gasteiger charge is -2.20. The van der Waals surface area contributed by atoms with Crippen LogP contribution in [0.3, 0.4) is 0 Å². The van der Waals surface area contributed by atoms with E-state index in [9.17, 15) is 27.1 Å². The standard InChI is InChI=1S/C12H11F5O/c13-11(14,12(15,16)17)9-3-1-8(2-4-9)7-10(18)5-6-10/h1-4,18H,5-7H2. The topological polar surface area (TPSA) is 20.2 Å². The third-order valence-electron chi connectivity index (χ3n) is 3.03. The van der Waals surface area contributed by atoms with Crippen molar-refractivity contribution in [2.24, 2.45) is 0 Å². The Morgan fingerprint density at radius 2 is 1.50 bits per heavy atom. The van der Waals surface area contributed by atoms with Gasteiger partial charge in [0.25, 0.3) is 0 Å². The van der Waals surface area contributed by atoms with Gasteiger partial charge in [0.05, 0.1) is 5.60 Å². The molecule has 1 aromatic carbocycles. The number of aliphatic hydroxyl groups is 1. The van der Waals surface area contributed by atoms with Crippen molar-refractivity contribution in [2.75, 3.05) is 0 Å². The summed E-state index contributed by atoms with van der Waals surface area (Å²) in [5.41, 5.74) is -1.33. The SMILES string of the molecule is OC1(Cc2ccc(C(F)(F)C(F)(F)F)cc2)CC1. The Hall–Kier alpha value is -1.17. The highest BCUT2D eigenvalue weighted by Crippen LogP contribution is 2.44. The Morgan fingerprint density at radius 3 is 1.89 bits per heavy atom. The molecule has 0 aliphatic heterocycles. The fourth-order valence-electron chi connectivity index (χ4n) is 1.70. The summed E-state index contributed by atoms with van der Waals surface area (Å²) in [6.07, 6.45) is -4.05. The molecule has 1 aliphatic carbocycles. The van der Waals surface area contributed by atoms with Crippen LogP contribution in [0.2, 0.25) is 0 Å². The predicted molar refractivity (Wildman–Crippen MR) is 54.3 cm³/mol. The number of hydrogen-bond donors (Lipinski definition) is 1. The van der Waals surface area contributed by atoms with Gasteiger partial charge in [0.1, 0.15) is 0 Å². The molecule has 0 heterocycles. The van der Waals surface area contributed by atoms with Crippen molar-refractivity contribution in [3.63, 3.8) is 0 Å². The lowest BCUT2D eigenvalue weighted by molar-refractivity contribution is -0.289. The first-order chi connectivity index (χ1) is 8.14. The molecule has 2 rings (SSSR count). The molecule has 1 N–H and O–H groups in total. The van der Waals surface area contributed by atoms with Gasteiger partial charge in [0, 0.05) is 12.0 Å². The van der Waals surface area contributed by atoms with Gasteiger partial charge in [0.2, 0.25) is 0 Å². The fraction of sp³-hybridized carbons (Fsp3) is 0.500. The van der Waals surface area contributed by atoms with E-state index in [0.29, 0.717) is 18.4 Å². The summed E-state index contributed by atoms with van der Waals surface area (Å²) >= 11 is 0. The van der Waals surface area contributed by atoms with Gasteiger partial charge in [-0.2, -0.15) is 22.0 Å². The molecule has 0 spiro atoms. The molecule has 0 atom stereocenters. The molecule has 1 nitrogen and oxygen atoms in total. The van der Waals surface area contributed by atoms with Gasteiger partial charge >= 0.3 is 12.1 Å². The summed E-state index contributed by atoms with van der Waals surface area (Å²) in [4.78, 5) is 0. The smallest absolute Gasteiger partial charge is 0.390 e. The van der Waals surface area contributed by atoms with Crippen molar-refractivity contribution in [3.8, 4) is 0 Å². The van der Waals surface area contributed by atoms with Crippen molar-refractivity contribution in [1.29, 1.82) is 0 Å². The van der Waals surface area contributed by atoms with Gasteiger partial charge in [-0.3, -0.25) is 0 Å². The third kappa shape index (κ3) is 2.48. The molecule has 0 saturated heterocycles. The second-order valence-electron chi connectivity index (χ2n) is 4.67. The monoisotopic (exact) mass is 266 g/mol. The van der Waals surface area contributed by atoms with Gasteiger partial charge in [-0.15, -0.1) is 0 Å². The van der Waals surface area contributed by atoms with E-state index in [1.165, 1.54) is 12.1 Å². The summed E-state index contributed by atoms with van der Waals surface area (Å²) in [6.45, 7) is 0. The second-order valence-corrected chi connectivity index (χ2v) is 4.67. The zero-order valence-corrected chi connectivity index (χ0v) is 9.27. The molecule has 18 heavy (non-hydrogen) atoms. The summed E-state index contributed by atoms with van der Waals surface area (Å²) in [7, 11) is 0. The van der Waals surface area contributed by atoms with Crippen LogP contribution in [0, 0.1) is 0 Å². The summed E-state index contributed by atoms with van der Waals surface area (Å²) in [5, 5.41) is 9.61. The Kier molecular flexibility index (Phi) is 2.88. The Labute approximate surface area is 100 Å². The number of alkyl halides is 5. The summed E-state index contributed by atoms with van der Waals surface area (Å²) in [5.74, 6) is -4.85. The van der Waals surface area contributed by atoms with Crippen LogP contribution in [0.15, 0.2) is 24.3 Å². The Bertz CT molecular complexity index is 431. The molecule has 100 valence electrons. The molecule has 6 heteroatoms. The van der Waals surface area contributed by atoms with Crippen molar-refractivity contribution in [3.05, 3.63) is 35.4 Å². The lowest BCUT2D eigenvalue weighted by atomic mass is 10.0. The molecule has 0 bridgehead atoms. The quantitative estimate of drug-likeness (QED) is 0.831. The van der Waals surface area contributed by atoms with E-state index in [4.69, 9.17) is 0 Å². The molecule has 1 fully saturated rings. The van der Waals surface area contributed by atoms with E-state index in [1.54, 1.807) is 0 Å². The minimum absolute atomic E-state index is 0.283. The van der Waals surface area contributed by atoms with Crippen LogP contribution in [0.4, 0.5) is 22.0 Å². The predicted octanol–water partition coefficient (Wildman–Crippen LogP) is 3.41. The minimum Gasteiger partial charge on any atom is -0.390 e. The zero-order valence-electron chi connectivity index (χ0n) is 9.27. The molecule has 0 unspecified atom stereocenters. The molecule has 1 aromatic rings. The Morgan fingerprint density at radius 1 is 1.00 bits per heavy atom. The van der Waals surface area contributed by atoms with Gasteiger partial charge in [-0.1, -0.05) is 24.3 Å². The average molecular weight is 266 g/mol. The van der Waals surface area contributed by atoms with E-state index < -0.39 is 23.3 Å². The Balaban J connectivity index is 2.17. The van der Waals surface area contributed by atoms with Crippen LogP contribution in [0.25, 0.3) is 0 Å². The van der Waals surface area contributed by atoms with E-state index in [1.807, 2.05) is 0 Å². The van der Waals surface area contributed by atoms with Crippen LogP contribution in [-0.4, -0.2) is 16.9 Å². The highest BCUT2D eigenvalue weighted by Gasteiger charge is 2.58. The van der Waals surface area contributed by atoms with Crippen LogP contribution in [0.5, 0.6) is 0 Å².